The first-order valence-electron chi connectivity index (χ1n) is 13.6. The lowest BCUT2D eigenvalue weighted by Gasteiger charge is -2.06. The van der Waals surface area contributed by atoms with E-state index in [1.807, 2.05) is 0 Å². The Kier molecular flexibility index (Phi) is 8.90. The van der Waals surface area contributed by atoms with E-state index in [2.05, 4.69) is 0 Å². The van der Waals surface area contributed by atoms with Gasteiger partial charge in [-0.15, -0.1) is 0 Å². The second-order valence-electron chi connectivity index (χ2n) is 9.93. The van der Waals surface area contributed by atoms with Gasteiger partial charge in [0.1, 0.15) is 23.0 Å². The number of carbonyl (C=O) groups is 4. The molecule has 0 unspecified atom stereocenters. The Morgan fingerprint density at radius 2 is 0.739 bits per heavy atom. The number of rotatable bonds is 6. The largest absolute Gasteiger partial charge is 0.508 e. The molecule has 0 aromatic heterocycles. The summed E-state index contributed by atoms with van der Waals surface area (Å²) in [5.41, 5.74) is 1.03. The molecule has 0 saturated heterocycles. The van der Waals surface area contributed by atoms with Crippen LogP contribution in [-0.4, -0.2) is 44.3 Å². The molecule has 0 heterocycles. The van der Waals surface area contributed by atoms with Gasteiger partial charge in [0.25, 0.3) is 0 Å². The van der Waals surface area contributed by atoms with E-state index in [4.69, 9.17) is 19.7 Å². The van der Waals surface area contributed by atoms with Crippen molar-refractivity contribution in [2.45, 2.75) is 0 Å². The summed E-state index contributed by atoms with van der Waals surface area (Å²) in [4.78, 5) is 46.0. The molecule has 6 aromatic carbocycles. The first-order chi connectivity index (χ1) is 22.0. The number of carbonyl (C=O) groups excluding carboxylic acids is 2. The number of aromatic carboxylic acids is 2. The SMILES string of the molecule is O=C(O)c1ccc(OC(=O)c2ccc3cc(O)ccc3c2)cc1.O=C(O)c1ccc2cc(C(=O)Oc3ccc(O)cc3)ccc2c1. The van der Waals surface area contributed by atoms with Crippen molar-refractivity contribution in [3.05, 3.63) is 144 Å². The van der Waals surface area contributed by atoms with E-state index >= 15 is 0 Å². The summed E-state index contributed by atoms with van der Waals surface area (Å²) in [5.74, 6) is -2.26. The minimum atomic E-state index is -1.04. The summed E-state index contributed by atoms with van der Waals surface area (Å²) in [5, 5.41) is 39.5. The Labute approximate surface area is 260 Å². The van der Waals surface area contributed by atoms with Crippen molar-refractivity contribution in [2.24, 2.45) is 0 Å². The van der Waals surface area contributed by atoms with Crippen LogP contribution >= 0.6 is 0 Å². The highest BCUT2D eigenvalue weighted by Gasteiger charge is 2.12. The maximum Gasteiger partial charge on any atom is 0.343 e. The third-order valence-electron chi connectivity index (χ3n) is 6.74. The molecule has 0 atom stereocenters. The van der Waals surface area contributed by atoms with Gasteiger partial charge in [-0.1, -0.05) is 24.3 Å². The van der Waals surface area contributed by atoms with E-state index < -0.39 is 23.9 Å². The van der Waals surface area contributed by atoms with Crippen LogP contribution in [0.3, 0.4) is 0 Å². The van der Waals surface area contributed by atoms with Gasteiger partial charge in [-0.2, -0.15) is 0 Å². The molecule has 0 amide bonds. The zero-order valence-corrected chi connectivity index (χ0v) is 23.8. The standard InChI is InChI=1S/2C18H12O5/c19-15-5-7-16(8-6-15)23-18(22)14-4-2-11-9-13(17(20)21)3-1-12(11)10-14;19-15-6-3-12-9-14(2-1-13(12)10-15)18(22)23-16-7-4-11(5-8-16)17(20)21/h2*1-10,19H,(H,20,21). The highest BCUT2D eigenvalue weighted by atomic mass is 16.5. The second-order valence-corrected chi connectivity index (χ2v) is 9.93. The van der Waals surface area contributed by atoms with Gasteiger partial charge in [0.2, 0.25) is 0 Å². The monoisotopic (exact) mass is 616 g/mol. The fourth-order valence-corrected chi connectivity index (χ4v) is 4.38. The van der Waals surface area contributed by atoms with E-state index in [1.165, 1.54) is 54.6 Å². The average Bonchev–Trinajstić information content (AvgIpc) is 3.05. The highest BCUT2D eigenvalue weighted by molar-refractivity contribution is 5.99. The molecule has 0 radical (unpaired) electrons. The second kappa shape index (κ2) is 13.3. The summed E-state index contributed by atoms with van der Waals surface area (Å²) < 4.78 is 10.4. The number of carboxylic acids is 2. The van der Waals surface area contributed by atoms with Crippen LogP contribution in [0.15, 0.2) is 121 Å². The number of esters is 2. The number of carboxylic acid groups (broad SMARTS) is 2. The van der Waals surface area contributed by atoms with Gasteiger partial charge in [-0.3, -0.25) is 0 Å². The molecule has 10 nitrogen and oxygen atoms in total. The Morgan fingerprint density at radius 1 is 0.391 bits per heavy atom. The summed E-state index contributed by atoms with van der Waals surface area (Å²) in [6, 6.07) is 30.9. The summed E-state index contributed by atoms with van der Waals surface area (Å²) in [6.45, 7) is 0. The number of ether oxygens (including phenoxy) is 2. The lowest BCUT2D eigenvalue weighted by Crippen LogP contribution is -2.08. The minimum Gasteiger partial charge on any atom is -0.508 e. The molecule has 228 valence electrons. The van der Waals surface area contributed by atoms with Crippen LogP contribution in [0.1, 0.15) is 41.4 Å². The Bertz CT molecular complexity index is 2100. The topological polar surface area (TPSA) is 168 Å². The van der Waals surface area contributed by atoms with Gasteiger partial charge >= 0.3 is 23.9 Å². The third kappa shape index (κ3) is 7.44. The lowest BCUT2D eigenvalue weighted by atomic mass is 10.0. The van der Waals surface area contributed by atoms with Crippen molar-refractivity contribution in [2.75, 3.05) is 0 Å². The predicted octanol–water partition coefficient (Wildman–Crippen LogP) is 6.93. The fraction of sp³-hybridized carbons (Fsp3) is 0. The van der Waals surface area contributed by atoms with Crippen molar-refractivity contribution in [1.82, 2.24) is 0 Å². The van der Waals surface area contributed by atoms with Crippen molar-refractivity contribution >= 4 is 45.4 Å². The molecular formula is C36H24O10. The summed E-state index contributed by atoms with van der Waals surface area (Å²) >= 11 is 0. The van der Waals surface area contributed by atoms with Crippen LogP contribution in [0.4, 0.5) is 0 Å². The molecule has 0 bridgehead atoms. The number of phenolic OH excluding ortho intramolecular Hbond substituents is 2. The van der Waals surface area contributed by atoms with Crippen LogP contribution in [0.2, 0.25) is 0 Å². The lowest BCUT2D eigenvalue weighted by molar-refractivity contribution is 0.0686. The first kappa shape index (κ1) is 30.8. The van der Waals surface area contributed by atoms with Gasteiger partial charge in [-0.05, 0) is 119 Å². The molecule has 10 heteroatoms. The molecule has 6 aromatic rings. The Hall–Kier alpha value is -6.68. The van der Waals surface area contributed by atoms with Gasteiger partial charge < -0.3 is 29.9 Å². The number of aromatic hydroxyl groups is 2. The van der Waals surface area contributed by atoms with E-state index in [0.717, 1.165) is 21.5 Å². The van der Waals surface area contributed by atoms with Crippen LogP contribution in [0, 0.1) is 0 Å². The summed E-state index contributed by atoms with van der Waals surface area (Å²) in [6.07, 6.45) is 0. The molecule has 0 aliphatic heterocycles. The van der Waals surface area contributed by atoms with Crippen molar-refractivity contribution in [1.29, 1.82) is 0 Å². The number of fused-ring (bicyclic) bond motifs is 2. The van der Waals surface area contributed by atoms with E-state index in [-0.39, 0.29) is 28.4 Å². The molecule has 0 saturated carbocycles. The number of phenols is 2. The molecule has 0 aliphatic rings. The highest BCUT2D eigenvalue weighted by Crippen LogP contribution is 2.23. The van der Waals surface area contributed by atoms with Crippen LogP contribution in [0.25, 0.3) is 21.5 Å². The number of hydrogen-bond acceptors (Lipinski definition) is 8. The number of benzene rings is 6. The maximum absolute atomic E-state index is 12.2. The number of hydrogen-bond donors (Lipinski definition) is 4. The van der Waals surface area contributed by atoms with Crippen LogP contribution < -0.4 is 9.47 Å². The van der Waals surface area contributed by atoms with Crippen molar-refractivity contribution in [3.63, 3.8) is 0 Å². The van der Waals surface area contributed by atoms with Crippen LogP contribution in [-0.2, 0) is 0 Å². The van der Waals surface area contributed by atoms with Crippen LogP contribution in [0.5, 0.6) is 23.0 Å². The Morgan fingerprint density at radius 3 is 1.22 bits per heavy atom. The summed E-state index contributed by atoms with van der Waals surface area (Å²) in [7, 11) is 0. The van der Waals surface area contributed by atoms with Gasteiger partial charge in [0, 0.05) is 0 Å². The quantitative estimate of drug-likeness (QED) is 0.114. The smallest absolute Gasteiger partial charge is 0.343 e. The van der Waals surface area contributed by atoms with Gasteiger partial charge in [-0.25, -0.2) is 19.2 Å². The fourth-order valence-electron chi connectivity index (χ4n) is 4.38. The minimum absolute atomic E-state index is 0.0877. The van der Waals surface area contributed by atoms with Crippen molar-refractivity contribution < 1.29 is 49.1 Å². The molecule has 0 fully saturated rings. The normalized spacial score (nSPS) is 10.4. The third-order valence-corrected chi connectivity index (χ3v) is 6.74. The molecule has 0 spiro atoms. The average molecular weight is 617 g/mol. The molecule has 0 aliphatic carbocycles. The zero-order chi connectivity index (χ0) is 32.8. The van der Waals surface area contributed by atoms with Gasteiger partial charge in [0.05, 0.1) is 22.3 Å². The molecular weight excluding hydrogens is 592 g/mol. The maximum atomic E-state index is 12.2. The molecule has 4 N–H and O–H groups in total. The van der Waals surface area contributed by atoms with E-state index in [1.54, 1.807) is 66.7 Å². The van der Waals surface area contributed by atoms with E-state index in [9.17, 15) is 29.4 Å². The van der Waals surface area contributed by atoms with Gasteiger partial charge in [0.15, 0.2) is 0 Å². The van der Waals surface area contributed by atoms with E-state index in [0.29, 0.717) is 16.9 Å². The molecule has 6 rings (SSSR count). The Balaban J connectivity index is 0.000000181. The zero-order valence-electron chi connectivity index (χ0n) is 23.8. The first-order valence-corrected chi connectivity index (χ1v) is 13.6. The molecule has 46 heavy (non-hydrogen) atoms. The van der Waals surface area contributed by atoms with Crippen molar-refractivity contribution in [3.8, 4) is 23.0 Å². The predicted molar refractivity (Wildman–Crippen MR) is 168 cm³/mol.